The number of aromatic nitrogens is 3. The molecule has 0 saturated heterocycles. The zero-order chi connectivity index (χ0) is 23.6. The third-order valence-electron chi connectivity index (χ3n) is 4.76. The zero-order valence-corrected chi connectivity index (χ0v) is 18.4. The maximum atomic E-state index is 12.9. The van der Waals surface area contributed by atoms with Crippen LogP contribution in [0.2, 0.25) is 5.02 Å². The highest BCUT2D eigenvalue weighted by Gasteiger charge is 2.31. The lowest BCUT2D eigenvalue weighted by molar-refractivity contribution is -0.137. The Hall–Kier alpha value is -3.09. The molecule has 0 fully saturated rings. The van der Waals surface area contributed by atoms with E-state index in [4.69, 9.17) is 11.6 Å². The molecule has 0 spiro atoms. The summed E-state index contributed by atoms with van der Waals surface area (Å²) in [5, 5.41) is 5.57. The molecule has 2 aromatic heterocycles. The maximum Gasteiger partial charge on any atom is 0.416 e. The number of hydrogen-bond acceptors (Lipinski definition) is 7. The predicted octanol–water partition coefficient (Wildman–Crippen LogP) is 3.85. The van der Waals surface area contributed by atoms with Crippen LogP contribution in [-0.4, -0.2) is 44.8 Å². The Morgan fingerprint density at radius 1 is 1.21 bits per heavy atom. The van der Waals surface area contributed by atoms with Gasteiger partial charge in [0.1, 0.15) is 5.69 Å². The van der Waals surface area contributed by atoms with Crippen LogP contribution in [0.4, 0.5) is 24.0 Å². The van der Waals surface area contributed by atoms with Crippen molar-refractivity contribution in [2.75, 3.05) is 23.7 Å². The van der Waals surface area contributed by atoms with Gasteiger partial charge in [0.25, 0.3) is 5.91 Å². The third kappa shape index (κ3) is 5.64. The normalized spacial score (nSPS) is 13.9. The minimum absolute atomic E-state index is 0.0169. The molecule has 0 unspecified atom stereocenters. The van der Waals surface area contributed by atoms with Crippen molar-refractivity contribution < 1.29 is 22.8 Å². The predicted molar refractivity (Wildman–Crippen MR) is 116 cm³/mol. The van der Waals surface area contributed by atoms with Gasteiger partial charge in [0.15, 0.2) is 5.13 Å². The number of nitrogens with one attached hydrogen (secondary N) is 2. The van der Waals surface area contributed by atoms with Crippen molar-refractivity contribution in [3.05, 3.63) is 63.6 Å². The van der Waals surface area contributed by atoms with E-state index >= 15 is 0 Å². The van der Waals surface area contributed by atoms with E-state index in [-0.39, 0.29) is 22.9 Å². The number of halogens is 4. The molecule has 33 heavy (non-hydrogen) atoms. The van der Waals surface area contributed by atoms with Crippen molar-refractivity contribution in [2.24, 2.45) is 0 Å². The van der Waals surface area contributed by atoms with Gasteiger partial charge in [-0.15, -0.1) is 11.3 Å². The largest absolute Gasteiger partial charge is 0.416 e. The van der Waals surface area contributed by atoms with Crippen LogP contribution in [0.15, 0.2) is 36.8 Å². The number of fused-ring (bicyclic) bond motifs is 1. The molecule has 3 aromatic rings. The summed E-state index contributed by atoms with van der Waals surface area (Å²) in [6.45, 7) is 0.904. The average molecular weight is 497 g/mol. The standard InChI is InChI=1S/C20H16ClF3N6O2S/c21-12-2-1-11(20(22,23)24)7-14(12)27-17(31)10-30-6-3-13-16(9-30)33-19(28-13)29-18(32)15-8-25-4-5-26-15/h1-2,4-5,7-8H,3,6,9-10H2,(H,27,31)(H,28,29,32). The first kappa shape index (κ1) is 23.1. The summed E-state index contributed by atoms with van der Waals surface area (Å²) in [5.41, 5.74) is -0.00391. The molecule has 0 bridgehead atoms. The van der Waals surface area contributed by atoms with Crippen LogP contribution in [0.5, 0.6) is 0 Å². The van der Waals surface area contributed by atoms with Crippen molar-refractivity contribution >= 4 is 45.6 Å². The summed E-state index contributed by atoms with van der Waals surface area (Å²) in [7, 11) is 0. The van der Waals surface area contributed by atoms with Gasteiger partial charge in [0.05, 0.1) is 34.7 Å². The molecule has 13 heteroatoms. The van der Waals surface area contributed by atoms with Gasteiger partial charge in [-0.05, 0) is 18.2 Å². The summed E-state index contributed by atoms with van der Waals surface area (Å²) in [4.78, 5) is 39.6. The van der Waals surface area contributed by atoms with Crippen molar-refractivity contribution in [2.45, 2.75) is 19.1 Å². The van der Waals surface area contributed by atoms with Crippen LogP contribution >= 0.6 is 22.9 Å². The summed E-state index contributed by atoms with van der Waals surface area (Å²) in [6, 6.07) is 2.76. The van der Waals surface area contributed by atoms with Crippen molar-refractivity contribution in [3.63, 3.8) is 0 Å². The lowest BCUT2D eigenvalue weighted by Crippen LogP contribution is -2.36. The Bertz CT molecular complexity index is 1190. The lowest BCUT2D eigenvalue weighted by Gasteiger charge is -2.25. The fraction of sp³-hybridized carbons (Fsp3) is 0.250. The molecule has 0 atom stereocenters. The summed E-state index contributed by atoms with van der Waals surface area (Å²) in [6.07, 6.45) is 0.242. The van der Waals surface area contributed by atoms with Gasteiger partial charge in [-0.1, -0.05) is 11.6 Å². The van der Waals surface area contributed by atoms with Gasteiger partial charge in [-0.25, -0.2) is 9.97 Å². The number of rotatable bonds is 5. The summed E-state index contributed by atoms with van der Waals surface area (Å²) >= 11 is 7.23. The lowest BCUT2D eigenvalue weighted by atomic mass is 10.1. The average Bonchev–Trinajstić information content (AvgIpc) is 3.16. The van der Waals surface area contributed by atoms with Crippen LogP contribution in [0, 0.1) is 0 Å². The Labute approximate surface area is 194 Å². The van der Waals surface area contributed by atoms with E-state index in [2.05, 4.69) is 25.6 Å². The van der Waals surface area contributed by atoms with Gasteiger partial charge in [0, 0.05) is 36.8 Å². The monoisotopic (exact) mass is 496 g/mol. The van der Waals surface area contributed by atoms with Crippen molar-refractivity contribution in [1.29, 1.82) is 0 Å². The molecule has 3 heterocycles. The Morgan fingerprint density at radius 3 is 2.76 bits per heavy atom. The molecule has 1 aliphatic heterocycles. The van der Waals surface area contributed by atoms with Crippen molar-refractivity contribution in [1.82, 2.24) is 19.9 Å². The number of carbonyl (C=O) groups is 2. The number of hydrogen-bond donors (Lipinski definition) is 2. The fourth-order valence-corrected chi connectivity index (χ4v) is 4.41. The second-order valence-electron chi connectivity index (χ2n) is 7.13. The molecule has 0 saturated carbocycles. The van der Waals surface area contributed by atoms with Crippen molar-refractivity contribution in [3.8, 4) is 0 Å². The van der Waals surface area contributed by atoms with Crippen LogP contribution < -0.4 is 10.6 Å². The molecule has 1 aliphatic rings. The highest BCUT2D eigenvalue weighted by atomic mass is 35.5. The van der Waals surface area contributed by atoms with E-state index in [9.17, 15) is 22.8 Å². The van der Waals surface area contributed by atoms with E-state index in [1.807, 2.05) is 4.90 Å². The third-order valence-corrected chi connectivity index (χ3v) is 6.09. The minimum atomic E-state index is -4.54. The minimum Gasteiger partial charge on any atom is -0.324 e. The number of alkyl halides is 3. The first-order valence-electron chi connectivity index (χ1n) is 9.64. The number of amides is 2. The quantitative estimate of drug-likeness (QED) is 0.556. The summed E-state index contributed by atoms with van der Waals surface area (Å²) in [5.74, 6) is -0.913. The molecule has 0 radical (unpaired) electrons. The molecule has 2 amide bonds. The maximum absolute atomic E-state index is 12.9. The van der Waals surface area contributed by atoms with E-state index in [1.165, 1.54) is 29.9 Å². The molecule has 0 aliphatic carbocycles. The van der Waals surface area contributed by atoms with Crippen LogP contribution in [-0.2, 0) is 23.9 Å². The smallest absolute Gasteiger partial charge is 0.324 e. The number of nitrogens with zero attached hydrogens (tertiary/aromatic N) is 4. The van der Waals surface area contributed by atoms with Crippen LogP contribution in [0.1, 0.15) is 26.6 Å². The van der Waals surface area contributed by atoms with Gasteiger partial charge in [-0.2, -0.15) is 13.2 Å². The molecule has 4 rings (SSSR count). The number of benzene rings is 1. The second kappa shape index (κ2) is 9.41. The van der Waals surface area contributed by atoms with Crippen LogP contribution in [0.25, 0.3) is 0 Å². The molecule has 172 valence electrons. The van der Waals surface area contributed by atoms with Gasteiger partial charge in [0.2, 0.25) is 5.91 Å². The molecule has 2 N–H and O–H groups in total. The van der Waals surface area contributed by atoms with E-state index in [0.717, 1.165) is 28.8 Å². The highest BCUT2D eigenvalue weighted by molar-refractivity contribution is 7.15. The summed E-state index contributed by atoms with van der Waals surface area (Å²) < 4.78 is 38.8. The number of carbonyl (C=O) groups excluding carboxylic acids is 2. The Morgan fingerprint density at radius 2 is 2.03 bits per heavy atom. The first-order chi connectivity index (χ1) is 15.7. The molecule has 8 nitrogen and oxygen atoms in total. The Balaban J connectivity index is 1.37. The highest BCUT2D eigenvalue weighted by Crippen LogP contribution is 2.34. The van der Waals surface area contributed by atoms with Gasteiger partial charge < -0.3 is 5.32 Å². The SMILES string of the molecule is O=C(CN1CCc2nc(NC(=O)c3cnccn3)sc2C1)Nc1cc(C(F)(F)F)ccc1Cl. The molecule has 1 aromatic carbocycles. The van der Waals surface area contributed by atoms with Crippen LogP contribution in [0.3, 0.4) is 0 Å². The number of thiazole rings is 1. The van der Waals surface area contributed by atoms with E-state index < -0.39 is 23.6 Å². The van der Waals surface area contributed by atoms with E-state index in [1.54, 1.807) is 0 Å². The molecular formula is C20H16ClF3N6O2S. The number of anilines is 2. The zero-order valence-electron chi connectivity index (χ0n) is 16.8. The fourth-order valence-electron chi connectivity index (χ4n) is 3.20. The molecular weight excluding hydrogens is 481 g/mol. The van der Waals surface area contributed by atoms with Gasteiger partial charge >= 0.3 is 6.18 Å². The first-order valence-corrected chi connectivity index (χ1v) is 10.8. The van der Waals surface area contributed by atoms with Gasteiger partial charge in [-0.3, -0.25) is 24.8 Å². The van der Waals surface area contributed by atoms with E-state index in [0.29, 0.717) is 24.6 Å². The Kier molecular flexibility index (Phi) is 6.58. The second-order valence-corrected chi connectivity index (χ2v) is 8.63. The topological polar surface area (TPSA) is 100 Å².